The Morgan fingerprint density at radius 2 is 2.27 bits per heavy atom. The first-order chi connectivity index (χ1) is 7.15. The van der Waals surface area contributed by atoms with E-state index in [1.165, 1.54) is 0 Å². The minimum Gasteiger partial charge on any atom is -0.318 e. The topological polar surface area (TPSA) is 49.4 Å². The van der Waals surface area contributed by atoms with Gasteiger partial charge in [0.2, 0.25) is 5.91 Å². The fraction of sp³-hybridized carbons (Fsp3) is 0.800. The molecule has 0 radical (unpaired) electrons. The van der Waals surface area contributed by atoms with E-state index in [2.05, 4.69) is 5.32 Å². The van der Waals surface area contributed by atoms with Crippen LogP contribution in [0.5, 0.6) is 0 Å². The smallest absolute Gasteiger partial charge is 0.241 e. The Kier molecular flexibility index (Phi) is 3.02. The van der Waals surface area contributed by atoms with Crippen LogP contribution in [0.2, 0.25) is 0 Å². The molecule has 2 aliphatic heterocycles. The van der Waals surface area contributed by atoms with E-state index >= 15 is 0 Å². The maximum Gasteiger partial charge on any atom is 0.241 e. The van der Waals surface area contributed by atoms with E-state index in [-0.39, 0.29) is 29.1 Å². The molecule has 0 aromatic rings. The van der Waals surface area contributed by atoms with Gasteiger partial charge in [-0.3, -0.25) is 9.59 Å². The van der Waals surface area contributed by atoms with E-state index in [0.717, 1.165) is 18.6 Å². The van der Waals surface area contributed by atoms with Gasteiger partial charge in [0, 0.05) is 5.75 Å². The molecule has 2 heterocycles. The second-order valence-corrected chi connectivity index (χ2v) is 5.29. The number of hydrogen-bond donors (Lipinski definition) is 1. The third-order valence-corrected chi connectivity index (χ3v) is 4.52. The van der Waals surface area contributed by atoms with Crippen LogP contribution in [0.3, 0.4) is 0 Å². The van der Waals surface area contributed by atoms with Crippen molar-refractivity contribution in [2.24, 2.45) is 0 Å². The van der Waals surface area contributed by atoms with Crippen LogP contribution in [-0.4, -0.2) is 46.8 Å². The van der Waals surface area contributed by atoms with Gasteiger partial charge >= 0.3 is 0 Å². The molecule has 1 N–H and O–H groups in total. The Bertz CT molecular complexity index is 295. The van der Waals surface area contributed by atoms with Crippen molar-refractivity contribution in [2.75, 3.05) is 12.8 Å². The highest BCUT2D eigenvalue weighted by Gasteiger charge is 2.44. The highest BCUT2D eigenvalue weighted by atomic mass is 32.2. The highest BCUT2D eigenvalue weighted by Crippen LogP contribution is 2.36. The summed E-state index contributed by atoms with van der Waals surface area (Å²) in [5.41, 5.74) is 0. The molecule has 0 spiro atoms. The molecule has 0 saturated carbocycles. The number of carbonyl (C=O) groups is 2. The van der Waals surface area contributed by atoms with Crippen LogP contribution < -0.4 is 5.32 Å². The fourth-order valence-electron chi connectivity index (χ4n) is 2.28. The zero-order valence-corrected chi connectivity index (χ0v) is 9.84. The number of hydrogen-bond acceptors (Lipinski definition) is 4. The third kappa shape index (κ3) is 1.78. The van der Waals surface area contributed by atoms with Crippen molar-refractivity contribution in [1.82, 2.24) is 10.2 Å². The van der Waals surface area contributed by atoms with E-state index in [1.54, 1.807) is 30.6 Å². The lowest BCUT2D eigenvalue weighted by atomic mass is 10.0. The zero-order chi connectivity index (χ0) is 11.0. The maximum atomic E-state index is 12.1. The molecule has 0 aromatic heterocycles. The van der Waals surface area contributed by atoms with Gasteiger partial charge in [-0.1, -0.05) is 0 Å². The summed E-state index contributed by atoms with van der Waals surface area (Å²) >= 11 is 1.74. The van der Waals surface area contributed by atoms with Crippen LogP contribution >= 0.6 is 11.8 Å². The molecular formula is C10H16N2O2S. The second-order valence-electron chi connectivity index (χ2n) is 4.08. The maximum absolute atomic E-state index is 12.1. The van der Waals surface area contributed by atoms with Gasteiger partial charge in [-0.15, -0.1) is 11.8 Å². The molecule has 2 rings (SSSR count). The molecule has 2 aliphatic rings. The molecule has 2 fully saturated rings. The monoisotopic (exact) mass is 228 g/mol. The molecule has 4 nitrogen and oxygen atoms in total. The SMILES string of the molecule is CNC1CCC2SCC(C(C)=O)N2C1=O. The zero-order valence-electron chi connectivity index (χ0n) is 9.03. The van der Waals surface area contributed by atoms with Crippen molar-refractivity contribution in [1.29, 1.82) is 0 Å². The number of rotatable bonds is 2. The van der Waals surface area contributed by atoms with Gasteiger partial charge in [0.1, 0.15) is 6.04 Å². The number of Topliss-reactive ketones (excluding diaryl/α,β-unsaturated/α-hetero) is 1. The average Bonchev–Trinajstić information content (AvgIpc) is 2.63. The molecule has 3 unspecified atom stereocenters. The summed E-state index contributed by atoms with van der Waals surface area (Å²) in [5.74, 6) is 0.969. The number of likely N-dealkylation sites (N-methyl/N-ethyl adjacent to an activating group) is 1. The summed E-state index contributed by atoms with van der Waals surface area (Å²) in [6, 6.07) is -0.287. The van der Waals surface area contributed by atoms with E-state index in [1.807, 2.05) is 0 Å². The number of ketones is 1. The second kappa shape index (κ2) is 4.14. The summed E-state index contributed by atoms with van der Waals surface area (Å²) in [5, 5.41) is 3.25. The summed E-state index contributed by atoms with van der Waals surface area (Å²) < 4.78 is 0. The van der Waals surface area contributed by atoms with Crippen LogP contribution in [0.15, 0.2) is 0 Å². The Balaban J connectivity index is 2.18. The van der Waals surface area contributed by atoms with Crippen LogP contribution in [-0.2, 0) is 9.59 Å². The summed E-state index contributed by atoms with van der Waals surface area (Å²) in [4.78, 5) is 25.3. The first kappa shape index (κ1) is 11.0. The number of nitrogens with one attached hydrogen (secondary N) is 1. The Hall–Kier alpha value is -0.550. The lowest BCUT2D eigenvalue weighted by molar-refractivity contribution is -0.142. The quantitative estimate of drug-likeness (QED) is 0.735. The van der Waals surface area contributed by atoms with Crippen molar-refractivity contribution in [3.8, 4) is 0 Å². The van der Waals surface area contributed by atoms with Crippen LogP contribution in [0.25, 0.3) is 0 Å². The minimum absolute atomic E-state index is 0.0956. The van der Waals surface area contributed by atoms with Gasteiger partial charge in [0.05, 0.1) is 11.4 Å². The van der Waals surface area contributed by atoms with E-state index in [4.69, 9.17) is 0 Å². The van der Waals surface area contributed by atoms with Gasteiger partial charge in [-0.05, 0) is 26.8 Å². The largest absolute Gasteiger partial charge is 0.318 e. The molecule has 2 saturated heterocycles. The van der Waals surface area contributed by atoms with Crippen molar-refractivity contribution in [3.63, 3.8) is 0 Å². The van der Waals surface area contributed by atoms with Gasteiger partial charge < -0.3 is 10.2 Å². The highest BCUT2D eigenvalue weighted by molar-refractivity contribution is 8.00. The molecule has 0 aromatic carbocycles. The molecule has 3 atom stereocenters. The predicted octanol–water partition coefficient (Wildman–Crippen LogP) is 0.227. The van der Waals surface area contributed by atoms with Gasteiger partial charge in [-0.2, -0.15) is 0 Å². The van der Waals surface area contributed by atoms with Crippen molar-refractivity contribution in [3.05, 3.63) is 0 Å². The predicted molar refractivity (Wildman–Crippen MR) is 59.6 cm³/mol. The Morgan fingerprint density at radius 3 is 2.87 bits per heavy atom. The molecular weight excluding hydrogens is 212 g/mol. The van der Waals surface area contributed by atoms with Crippen LogP contribution in [0, 0.1) is 0 Å². The number of amides is 1. The standard InChI is InChI=1S/C10H16N2O2S/c1-6(13)8-5-15-9-4-3-7(11-2)10(14)12(8)9/h7-9,11H,3-5H2,1-2H3. The van der Waals surface area contributed by atoms with Crippen LogP contribution in [0.4, 0.5) is 0 Å². The normalized spacial score (nSPS) is 35.5. The first-order valence-electron chi connectivity index (χ1n) is 5.26. The van der Waals surface area contributed by atoms with Crippen LogP contribution in [0.1, 0.15) is 19.8 Å². The molecule has 5 heteroatoms. The van der Waals surface area contributed by atoms with E-state index in [9.17, 15) is 9.59 Å². The van der Waals surface area contributed by atoms with Crippen molar-refractivity contribution >= 4 is 23.5 Å². The Morgan fingerprint density at radius 1 is 1.53 bits per heavy atom. The van der Waals surface area contributed by atoms with Gasteiger partial charge in [0.25, 0.3) is 0 Å². The summed E-state index contributed by atoms with van der Waals surface area (Å²) in [6.07, 6.45) is 1.87. The first-order valence-corrected chi connectivity index (χ1v) is 6.31. The molecule has 15 heavy (non-hydrogen) atoms. The number of nitrogens with zero attached hydrogens (tertiary/aromatic N) is 1. The Labute approximate surface area is 93.8 Å². The van der Waals surface area contributed by atoms with Gasteiger partial charge in [-0.25, -0.2) is 0 Å². The third-order valence-electron chi connectivity index (χ3n) is 3.17. The number of piperidine rings is 1. The minimum atomic E-state index is -0.191. The van der Waals surface area contributed by atoms with E-state index < -0.39 is 0 Å². The summed E-state index contributed by atoms with van der Waals surface area (Å²) in [7, 11) is 1.80. The van der Waals surface area contributed by atoms with Crippen molar-refractivity contribution < 1.29 is 9.59 Å². The number of fused-ring (bicyclic) bond motifs is 1. The molecule has 1 amide bonds. The van der Waals surface area contributed by atoms with Gasteiger partial charge in [0.15, 0.2) is 5.78 Å². The lowest BCUT2D eigenvalue weighted by Gasteiger charge is -2.36. The molecule has 0 bridgehead atoms. The van der Waals surface area contributed by atoms with Crippen molar-refractivity contribution in [2.45, 2.75) is 37.2 Å². The van der Waals surface area contributed by atoms with E-state index in [0.29, 0.717) is 0 Å². The lowest BCUT2D eigenvalue weighted by Crippen LogP contribution is -2.55. The fourth-order valence-corrected chi connectivity index (χ4v) is 3.79. The summed E-state index contributed by atoms with van der Waals surface area (Å²) in [6.45, 7) is 1.57. The number of carbonyl (C=O) groups excluding carboxylic acids is 2. The molecule has 84 valence electrons. The average molecular weight is 228 g/mol. The molecule has 0 aliphatic carbocycles. The number of thioether (sulfide) groups is 1.